The van der Waals surface area contributed by atoms with E-state index in [4.69, 9.17) is 33.7 Å². The van der Waals surface area contributed by atoms with Crippen LogP contribution in [0.1, 0.15) is 18.6 Å². The summed E-state index contributed by atoms with van der Waals surface area (Å²) in [4.78, 5) is 3.92. The highest BCUT2D eigenvalue weighted by atomic mass is 35.5. The van der Waals surface area contributed by atoms with E-state index in [0.717, 1.165) is 5.56 Å². The molecule has 0 bridgehead atoms. The maximum atomic E-state index is 5.92. The van der Waals surface area contributed by atoms with Gasteiger partial charge in [-0.1, -0.05) is 29.3 Å². The Morgan fingerprint density at radius 3 is 2.40 bits per heavy atom. The molecule has 0 aliphatic heterocycles. The largest absolute Gasteiger partial charge is 0.375 e. The van der Waals surface area contributed by atoms with Crippen molar-refractivity contribution < 1.29 is 4.74 Å². The van der Waals surface area contributed by atoms with Crippen LogP contribution in [0, 0.1) is 0 Å². The molecular weight excluding hydrogens is 258 g/mol. The molecule has 0 fully saturated rings. The van der Waals surface area contributed by atoms with Gasteiger partial charge in [-0.05, 0) is 13.0 Å². The molecule has 0 saturated carbocycles. The molecule has 0 radical (unpaired) electrons. The Kier molecular flexibility index (Phi) is 6.48. The second kappa shape index (κ2) is 6.51. The van der Waals surface area contributed by atoms with Gasteiger partial charge in [0.25, 0.3) is 0 Å². The minimum Gasteiger partial charge on any atom is -0.375 e. The van der Waals surface area contributed by atoms with Gasteiger partial charge in [-0.25, -0.2) is 4.98 Å². The summed E-state index contributed by atoms with van der Waals surface area (Å²) in [7, 11) is 1.58. The number of aromatic nitrogens is 1. The van der Waals surface area contributed by atoms with Crippen LogP contribution in [0.4, 0.5) is 0 Å². The predicted molar refractivity (Wildman–Crippen MR) is 64.9 cm³/mol. The van der Waals surface area contributed by atoms with Gasteiger partial charge in [0.1, 0.15) is 10.3 Å². The summed E-state index contributed by atoms with van der Waals surface area (Å²) >= 11 is 11.6. The summed E-state index contributed by atoms with van der Waals surface area (Å²) in [6.45, 7) is 1.85. The van der Waals surface area contributed by atoms with Crippen LogP contribution in [-0.4, -0.2) is 18.1 Å². The quantitative estimate of drug-likeness (QED) is 0.860. The van der Waals surface area contributed by atoms with E-state index in [9.17, 15) is 0 Å². The van der Waals surface area contributed by atoms with E-state index in [0.29, 0.717) is 10.3 Å². The number of nitrogens with zero attached hydrogens (tertiary/aromatic N) is 1. The number of hydrogen-bond donors (Lipinski definition) is 1. The van der Waals surface area contributed by atoms with Crippen molar-refractivity contribution in [3.8, 4) is 0 Å². The second-order valence-corrected chi connectivity index (χ2v) is 3.77. The number of pyridine rings is 1. The molecule has 0 aliphatic carbocycles. The average molecular weight is 272 g/mol. The first kappa shape index (κ1) is 14.9. The van der Waals surface area contributed by atoms with Crippen molar-refractivity contribution in [3.63, 3.8) is 0 Å². The van der Waals surface area contributed by atoms with Crippen molar-refractivity contribution in [2.24, 2.45) is 5.73 Å². The van der Waals surface area contributed by atoms with Crippen molar-refractivity contribution in [1.29, 1.82) is 0 Å². The predicted octanol–water partition coefficient (Wildman–Crippen LogP) is 2.84. The molecule has 2 atom stereocenters. The van der Waals surface area contributed by atoms with E-state index < -0.39 is 0 Å². The fraction of sp³-hybridized carbons (Fsp3) is 0.444. The summed E-state index contributed by atoms with van der Waals surface area (Å²) in [5.41, 5.74) is 6.50. The first-order valence-electron chi connectivity index (χ1n) is 4.16. The number of hydrogen-bond acceptors (Lipinski definition) is 3. The molecule has 1 rings (SSSR count). The fourth-order valence-electron chi connectivity index (χ4n) is 1.26. The normalized spacial score (nSPS) is 14.2. The standard InChI is InChI=1S/C9H12Cl2N2O.ClH/c1-5(12)8(14-2)6-3-4-7(10)13-9(6)11;/h3-5,8H,12H2,1-2H3;1H. The van der Waals surface area contributed by atoms with E-state index in [2.05, 4.69) is 4.98 Å². The topological polar surface area (TPSA) is 48.1 Å². The summed E-state index contributed by atoms with van der Waals surface area (Å²) in [5.74, 6) is 0. The molecule has 2 unspecified atom stereocenters. The highest BCUT2D eigenvalue weighted by molar-refractivity contribution is 6.32. The summed E-state index contributed by atoms with van der Waals surface area (Å²) in [6, 6.07) is 3.28. The van der Waals surface area contributed by atoms with Crippen LogP contribution in [0.2, 0.25) is 10.3 Å². The Labute approximate surface area is 105 Å². The molecule has 6 heteroatoms. The van der Waals surface area contributed by atoms with Crippen LogP contribution < -0.4 is 5.73 Å². The van der Waals surface area contributed by atoms with E-state index in [1.54, 1.807) is 19.2 Å². The molecule has 0 aliphatic rings. The lowest BCUT2D eigenvalue weighted by atomic mass is 10.1. The molecule has 1 heterocycles. The molecule has 15 heavy (non-hydrogen) atoms. The zero-order valence-electron chi connectivity index (χ0n) is 8.41. The number of rotatable bonds is 3. The van der Waals surface area contributed by atoms with Crippen molar-refractivity contribution in [2.75, 3.05) is 7.11 Å². The smallest absolute Gasteiger partial charge is 0.136 e. The second-order valence-electron chi connectivity index (χ2n) is 3.03. The van der Waals surface area contributed by atoms with Crippen LogP contribution in [0.3, 0.4) is 0 Å². The van der Waals surface area contributed by atoms with Gasteiger partial charge in [-0.15, -0.1) is 12.4 Å². The van der Waals surface area contributed by atoms with Gasteiger partial charge < -0.3 is 10.5 Å². The lowest BCUT2D eigenvalue weighted by Gasteiger charge is -2.20. The summed E-state index contributed by atoms with van der Waals surface area (Å²) in [6.07, 6.45) is -0.257. The minimum absolute atomic E-state index is 0. The third-order valence-electron chi connectivity index (χ3n) is 1.88. The van der Waals surface area contributed by atoms with Crippen LogP contribution in [-0.2, 0) is 4.74 Å². The molecule has 3 nitrogen and oxygen atoms in total. The van der Waals surface area contributed by atoms with Crippen LogP contribution in [0.15, 0.2) is 12.1 Å². The molecule has 0 saturated heterocycles. The Hall–Kier alpha value is -0.0600. The number of ether oxygens (including phenoxy) is 1. The fourth-order valence-corrected chi connectivity index (χ4v) is 1.71. The first-order chi connectivity index (χ1) is 6.56. The minimum atomic E-state index is -0.257. The van der Waals surface area contributed by atoms with E-state index in [1.807, 2.05) is 6.92 Å². The van der Waals surface area contributed by atoms with Gasteiger partial charge in [0.05, 0.1) is 6.10 Å². The lowest BCUT2D eigenvalue weighted by Crippen LogP contribution is -2.26. The molecule has 0 spiro atoms. The van der Waals surface area contributed by atoms with E-state index in [-0.39, 0.29) is 24.6 Å². The van der Waals surface area contributed by atoms with Crippen molar-refractivity contribution in [2.45, 2.75) is 19.1 Å². The molecule has 0 aromatic carbocycles. The Morgan fingerprint density at radius 1 is 1.40 bits per heavy atom. The molecular formula is C9H13Cl3N2O. The maximum absolute atomic E-state index is 5.92. The van der Waals surface area contributed by atoms with Crippen molar-refractivity contribution in [1.82, 2.24) is 4.98 Å². The summed E-state index contributed by atoms with van der Waals surface area (Å²) < 4.78 is 5.23. The van der Waals surface area contributed by atoms with E-state index in [1.165, 1.54) is 0 Å². The zero-order valence-corrected chi connectivity index (χ0v) is 10.7. The lowest BCUT2D eigenvalue weighted by molar-refractivity contribution is 0.0852. The van der Waals surface area contributed by atoms with Gasteiger partial charge in [0.2, 0.25) is 0 Å². The molecule has 1 aromatic rings. The van der Waals surface area contributed by atoms with Gasteiger partial charge in [-0.3, -0.25) is 0 Å². The molecule has 86 valence electrons. The third kappa shape index (κ3) is 3.78. The first-order valence-corrected chi connectivity index (χ1v) is 4.92. The summed E-state index contributed by atoms with van der Waals surface area (Å²) in [5, 5.41) is 0.694. The third-order valence-corrected chi connectivity index (χ3v) is 2.39. The number of nitrogens with two attached hydrogens (primary N) is 1. The highest BCUT2D eigenvalue weighted by Crippen LogP contribution is 2.26. The van der Waals surface area contributed by atoms with Crippen molar-refractivity contribution in [3.05, 3.63) is 28.0 Å². The highest BCUT2D eigenvalue weighted by Gasteiger charge is 2.19. The average Bonchev–Trinajstić information content (AvgIpc) is 2.09. The molecule has 1 aromatic heterocycles. The van der Waals surface area contributed by atoms with Gasteiger partial charge in [0, 0.05) is 18.7 Å². The molecule has 0 amide bonds. The molecule has 2 N–H and O–H groups in total. The monoisotopic (exact) mass is 270 g/mol. The van der Waals surface area contributed by atoms with Crippen LogP contribution in [0.5, 0.6) is 0 Å². The zero-order chi connectivity index (χ0) is 10.7. The number of methoxy groups -OCH3 is 1. The number of halogens is 3. The Bertz CT molecular complexity index is 320. The van der Waals surface area contributed by atoms with Gasteiger partial charge in [0.15, 0.2) is 0 Å². The van der Waals surface area contributed by atoms with Gasteiger partial charge in [-0.2, -0.15) is 0 Å². The van der Waals surface area contributed by atoms with E-state index >= 15 is 0 Å². The Morgan fingerprint density at radius 2 is 2.00 bits per heavy atom. The van der Waals surface area contributed by atoms with Crippen LogP contribution >= 0.6 is 35.6 Å². The maximum Gasteiger partial charge on any atom is 0.136 e. The van der Waals surface area contributed by atoms with Crippen molar-refractivity contribution >= 4 is 35.6 Å². The van der Waals surface area contributed by atoms with Crippen LogP contribution in [0.25, 0.3) is 0 Å². The SMILES string of the molecule is COC(c1ccc(Cl)nc1Cl)C(C)N.Cl. The van der Waals surface area contributed by atoms with Gasteiger partial charge >= 0.3 is 0 Å². The Balaban J connectivity index is 0.00000196.